The molecule has 1 N–H and O–H groups in total. The zero-order valence-electron chi connectivity index (χ0n) is 18.7. The molecule has 0 aliphatic rings. The molecular weight excluding hydrogens is 430 g/mol. The van der Waals surface area contributed by atoms with Crippen LogP contribution in [0.15, 0.2) is 109 Å². The molecule has 7 rings (SSSR count). The van der Waals surface area contributed by atoms with Crippen molar-refractivity contribution in [1.29, 1.82) is 0 Å². The molecule has 3 aromatic heterocycles. The van der Waals surface area contributed by atoms with Crippen molar-refractivity contribution in [2.45, 2.75) is 0 Å². The number of fused-ring (bicyclic) bond motifs is 4. The van der Waals surface area contributed by atoms with E-state index in [4.69, 9.17) is 15.0 Å². The lowest BCUT2D eigenvalue weighted by Gasteiger charge is -2.12. The molecule has 7 aromatic rings. The Labute approximate surface area is 201 Å². The topological polar surface area (TPSA) is 67.3 Å². The summed E-state index contributed by atoms with van der Waals surface area (Å²) < 4.78 is 0. The van der Waals surface area contributed by atoms with Gasteiger partial charge < -0.3 is 4.98 Å². The summed E-state index contributed by atoms with van der Waals surface area (Å²) in [4.78, 5) is 22.7. The Bertz CT molecular complexity index is 1820. The van der Waals surface area contributed by atoms with Crippen LogP contribution in [0.25, 0.3) is 66.9 Å². The van der Waals surface area contributed by atoms with Crippen LogP contribution in [-0.4, -0.2) is 24.9 Å². The van der Waals surface area contributed by atoms with Crippen LogP contribution >= 0.6 is 0 Å². The molecule has 0 spiro atoms. The van der Waals surface area contributed by atoms with Gasteiger partial charge in [-0.1, -0.05) is 72.8 Å². The van der Waals surface area contributed by atoms with Gasteiger partial charge in [-0.3, -0.25) is 4.98 Å². The van der Waals surface area contributed by atoms with Gasteiger partial charge in [-0.05, 0) is 41.1 Å². The fraction of sp³-hybridized carbons (Fsp3) is 0. The average molecular weight is 450 g/mol. The first-order valence-electron chi connectivity index (χ1n) is 11.5. The van der Waals surface area contributed by atoms with Crippen molar-refractivity contribution >= 4 is 32.7 Å². The summed E-state index contributed by atoms with van der Waals surface area (Å²) in [7, 11) is 0. The molecule has 5 heteroatoms. The Morgan fingerprint density at radius 1 is 0.600 bits per heavy atom. The van der Waals surface area contributed by atoms with Gasteiger partial charge in [-0.15, -0.1) is 0 Å². The molecule has 35 heavy (non-hydrogen) atoms. The van der Waals surface area contributed by atoms with Crippen LogP contribution in [0.4, 0.5) is 0 Å². The number of hydrogen-bond acceptors (Lipinski definition) is 4. The van der Waals surface area contributed by atoms with Crippen LogP contribution in [0.1, 0.15) is 0 Å². The summed E-state index contributed by atoms with van der Waals surface area (Å²) in [6.45, 7) is 0. The van der Waals surface area contributed by atoms with Gasteiger partial charge in [0.1, 0.15) is 5.69 Å². The van der Waals surface area contributed by atoms with Crippen molar-refractivity contribution in [3.8, 4) is 34.2 Å². The van der Waals surface area contributed by atoms with Gasteiger partial charge in [0.2, 0.25) is 0 Å². The van der Waals surface area contributed by atoms with Crippen molar-refractivity contribution in [1.82, 2.24) is 24.9 Å². The summed E-state index contributed by atoms with van der Waals surface area (Å²) in [6, 6.07) is 34.8. The maximum atomic E-state index is 5.10. The number of rotatable bonds is 3. The number of aromatic amines is 1. The monoisotopic (exact) mass is 449 g/mol. The number of pyridine rings is 1. The number of imidazole rings is 1. The van der Waals surface area contributed by atoms with Gasteiger partial charge in [0.15, 0.2) is 11.6 Å². The minimum absolute atomic E-state index is 0.659. The molecule has 0 saturated heterocycles. The molecule has 4 aromatic carbocycles. The number of para-hydroxylation sites is 2. The normalized spacial score (nSPS) is 11.4. The summed E-state index contributed by atoms with van der Waals surface area (Å²) in [5.74, 6) is 1.38. The van der Waals surface area contributed by atoms with Crippen molar-refractivity contribution in [3.05, 3.63) is 109 Å². The summed E-state index contributed by atoms with van der Waals surface area (Å²) in [5.41, 5.74) is 6.43. The SMILES string of the molecule is c1ccc(-c2nc(-c3ccnc(-c4nc5ccccc5[nH]4)c3)nc3ccc4ccccc4c23)cc1. The fourth-order valence-electron chi connectivity index (χ4n) is 4.61. The van der Waals surface area contributed by atoms with Gasteiger partial charge in [0.05, 0.1) is 22.2 Å². The highest BCUT2D eigenvalue weighted by atomic mass is 14.9. The highest BCUT2D eigenvalue weighted by molar-refractivity contribution is 6.12. The van der Waals surface area contributed by atoms with E-state index >= 15 is 0 Å². The zero-order chi connectivity index (χ0) is 23.2. The third-order valence-corrected chi connectivity index (χ3v) is 6.29. The van der Waals surface area contributed by atoms with E-state index in [1.807, 2.05) is 54.6 Å². The molecule has 164 valence electrons. The first-order chi connectivity index (χ1) is 17.3. The van der Waals surface area contributed by atoms with E-state index in [1.54, 1.807) is 6.20 Å². The van der Waals surface area contributed by atoms with Crippen molar-refractivity contribution in [2.24, 2.45) is 0 Å². The molecule has 3 heterocycles. The van der Waals surface area contributed by atoms with Crippen LogP contribution in [-0.2, 0) is 0 Å². The van der Waals surface area contributed by atoms with Gasteiger partial charge in [-0.25, -0.2) is 15.0 Å². The van der Waals surface area contributed by atoms with Crippen molar-refractivity contribution in [2.75, 3.05) is 0 Å². The molecule has 5 nitrogen and oxygen atoms in total. The molecule has 0 aliphatic heterocycles. The van der Waals surface area contributed by atoms with Gasteiger partial charge in [-0.2, -0.15) is 0 Å². The van der Waals surface area contributed by atoms with Crippen LogP contribution in [0.5, 0.6) is 0 Å². The predicted octanol–water partition coefficient (Wildman–Crippen LogP) is 7.06. The number of aromatic nitrogens is 5. The van der Waals surface area contributed by atoms with Crippen molar-refractivity contribution < 1.29 is 0 Å². The number of nitrogens with zero attached hydrogens (tertiary/aromatic N) is 4. The fourth-order valence-corrected chi connectivity index (χ4v) is 4.61. The number of hydrogen-bond donors (Lipinski definition) is 1. The van der Waals surface area contributed by atoms with Gasteiger partial charge >= 0.3 is 0 Å². The smallest absolute Gasteiger partial charge is 0.160 e. The Morgan fingerprint density at radius 3 is 2.34 bits per heavy atom. The quantitative estimate of drug-likeness (QED) is 0.293. The maximum absolute atomic E-state index is 5.10. The lowest BCUT2D eigenvalue weighted by molar-refractivity contribution is 1.20. The third-order valence-electron chi connectivity index (χ3n) is 6.29. The lowest BCUT2D eigenvalue weighted by atomic mass is 10.00. The number of benzene rings is 4. The minimum atomic E-state index is 0.659. The molecule has 0 atom stereocenters. The van der Waals surface area contributed by atoms with E-state index in [1.165, 1.54) is 5.39 Å². The minimum Gasteiger partial charge on any atom is -0.337 e. The van der Waals surface area contributed by atoms with Gasteiger partial charge in [0, 0.05) is 22.7 Å². The molecule has 0 fully saturated rings. The Balaban J connectivity index is 1.45. The second-order valence-electron chi connectivity index (χ2n) is 8.47. The summed E-state index contributed by atoms with van der Waals surface area (Å²) >= 11 is 0. The largest absolute Gasteiger partial charge is 0.337 e. The third kappa shape index (κ3) is 3.33. The first-order valence-corrected chi connectivity index (χ1v) is 11.5. The molecule has 0 aliphatic carbocycles. The van der Waals surface area contributed by atoms with Crippen molar-refractivity contribution in [3.63, 3.8) is 0 Å². The Hall–Kier alpha value is -4.90. The maximum Gasteiger partial charge on any atom is 0.160 e. The molecule has 0 radical (unpaired) electrons. The second-order valence-corrected chi connectivity index (χ2v) is 8.47. The molecular formula is C30H19N5. The van der Waals surface area contributed by atoms with E-state index in [0.717, 1.165) is 55.7 Å². The first kappa shape index (κ1) is 19.6. The summed E-state index contributed by atoms with van der Waals surface area (Å²) in [5, 5.41) is 3.38. The predicted molar refractivity (Wildman–Crippen MR) is 141 cm³/mol. The van der Waals surface area contributed by atoms with E-state index in [0.29, 0.717) is 5.82 Å². The average Bonchev–Trinajstić information content (AvgIpc) is 3.37. The molecule has 0 bridgehead atoms. The second kappa shape index (κ2) is 7.85. The highest BCUT2D eigenvalue weighted by Gasteiger charge is 2.15. The molecule has 0 saturated carbocycles. The summed E-state index contributed by atoms with van der Waals surface area (Å²) in [6.07, 6.45) is 1.79. The molecule has 0 amide bonds. The van der Waals surface area contributed by atoms with E-state index in [-0.39, 0.29) is 0 Å². The van der Waals surface area contributed by atoms with Crippen LogP contribution in [0, 0.1) is 0 Å². The van der Waals surface area contributed by atoms with Crippen LogP contribution in [0.2, 0.25) is 0 Å². The standard InChI is InChI=1S/C30H19N5/c1-2-9-20(10-3-1)28-27-22-11-5-4-8-19(22)14-15-25(27)34-29(35-28)21-16-17-31-26(18-21)30-32-23-12-6-7-13-24(23)33-30/h1-18H,(H,32,33). The lowest BCUT2D eigenvalue weighted by Crippen LogP contribution is -1.97. The highest BCUT2D eigenvalue weighted by Crippen LogP contribution is 2.34. The van der Waals surface area contributed by atoms with E-state index < -0.39 is 0 Å². The Kier molecular flexibility index (Phi) is 4.39. The van der Waals surface area contributed by atoms with Crippen LogP contribution in [0.3, 0.4) is 0 Å². The van der Waals surface area contributed by atoms with Crippen LogP contribution < -0.4 is 0 Å². The number of H-pyrrole nitrogens is 1. The van der Waals surface area contributed by atoms with E-state index in [2.05, 4.69) is 58.5 Å². The Morgan fingerprint density at radius 2 is 1.43 bits per heavy atom. The number of nitrogens with one attached hydrogen (secondary N) is 1. The van der Waals surface area contributed by atoms with Gasteiger partial charge in [0.25, 0.3) is 0 Å². The molecule has 0 unspecified atom stereocenters. The zero-order valence-corrected chi connectivity index (χ0v) is 18.7. The van der Waals surface area contributed by atoms with E-state index in [9.17, 15) is 0 Å².